The average molecular weight is 885 g/mol. The third-order valence-electron chi connectivity index (χ3n) is 10.3. The van der Waals surface area contributed by atoms with E-state index in [4.69, 9.17) is 18.5 Å². The van der Waals surface area contributed by atoms with Crippen LogP contribution in [-0.4, -0.2) is 98.3 Å². The van der Waals surface area contributed by atoms with Crippen molar-refractivity contribution >= 4 is 19.8 Å². The van der Waals surface area contributed by atoms with Gasteiger partial charge in [-0.2, -0.15) is 0 Å². The van der Waals surface area contributed by atoms with Gasteiger partial charge < -0.3 is 39.9 Å². The first-order chi connectivity index (χ1) is 29.4. The number of aliphatic hydroxyl groups excluding tert-OH is 5. The summed E-state index contributed by atoms with van der Waals surface area (Å²) in [5.74, 6) is -1.18. The highest BCUT2D eigenvalue weighted by molar-refractivity contribution is 7.47. The maximum Gasteiger partial charge on any atom is 0.472 e. The van der Waals surface area contributed by atoms with Crippen LogP contribution in [0.3, 0.4) is 0 Å². The molecule has 13 nitrogen and oxygen atoms in total. The number of hydrogen-bond donors (Lipinski definition) is 6. The molecule has 0 aromatic carbocycles. The number of hydrogen-bond acceptors (Lipinski definition) is 12. The Labute approximate surface area is 366 Å². The molecule has 1 saturated carbocycles. The van der Waals surface area contributed by atoms with E-state index in [2.05, 4.69) is 62.5 Å². The van der Waals surface area contributed by atoms with Crippen molar-refractivity contribution < 1.29 is 63.1 Å². The van der Waals surface area contributed by atoms with Gasteiger partial charge in [-0.05, 0) is 70.6 Å². The summed E-state index contributed by atoms with van der Waals surface area (Å²) in [6.45, 7) is 3.13. The van der Waals surface area contributed by atoms with Gasteiger partial charge in [-0.15, -0.1) is 0 Å². The summed E-state index contributed by atoms with van der Waals surface area (Å²) in [5, 5.41) is 50.1. The van der Waals surface area contributed by atoms with Gasteiger partial charge in [0.1, 0.15) is 43.2 Å². The molecule has 0 aromatic rings. The molecule has 8 atom stereocenters. The molecule has 6 N–H and O–H groups in total. The van der Waals surface area contributed by atoms with Crippen LogP contribution in [0, 0.1) is 0 Å². The van der Waals surface area contributed by atoms with E-state index in [9.17, 15) is 44.6 Å². The van der Waals surface area contributed by atoms with Crippen molar-refractivity contribution in [2.24, 2.45) is 0 Å². The monoisotopic (exact) mass is 885 g/mol. The molecule has 0 aliphatic heterocycles. The number of ether oxygens (including phenoxy) is 2. The van der Waals surface area contributed by atoms with Crippen LogP contribution in [0.4, 0.5) is 0 Å². The molecule has 0 bridgehead atoms. The van der Waals surface area contributed by atoms with Gasteiger partial charge in [0, 0.05) is 12.8 Å². The molecule has 1 rings (SSSR count). The summed E-state index contributed by atoms with van der Waals surface area (Å²) in [4.78, 5) is 35.7. The number of esters is 2. The Balaban J connectivity index is 2.51. The minimum absolute atomic E-state index is 0.0266. The normalized spacial score (nSPS) is 22.6. The summed E-state index contributed by atoms with van der Waals surface area (Å²) in [5.41, 5.74) is 0. The van der Waals surface area contributed by atoms with E-state index in [0.717, 1.165) is 64.2 Å². The van der Waals surface area contributed by atoms with E-state index < -0.39 is 75.7 Å². The first-order valence-corrected chi connectivity index (χ1v) is 24.6. The largest absolute Gasteiger partial charge is 0.472 e. The molecule has 6 unspecified atom stereocenters. The summed E-state index contributed by atoms with van der Waals surface area (Å²) in [7, 11) is -5.13. The molecular weight excluding hydrogens is 803 g/mol. The molecule has 14 heteroatoms. The lowest BCUT2D eigenvalue weighted by atomic mass is 9.85. The van der Waals surface area contributed by atoms with Crippen LogP contribution in [0.25, 0.3) is 0 Å². The van der Waals surface area contributed by atoms with Gasteiger partial charge in [0.2, 0.25) is 0 Å². The van der Waals surface area contributed by atoms with E-state index in [1.807, 2.05) is 12.2 Å². The first kappa shape index (κ1) is 56.6. The maximum absolute atomic E-state index is 12.8. The van der Waals surface area contributed by atoms with E-state index in [1.165, 1.54) is 57.8 Å². The van der Waals surface area contributed by atoms with Gasteiger partial charge in [-0.3, -0.25) is 18.6 Å². The fourth-order valence-corrected chi connectivity index (χ4v) is 7.61. The molecule has 0 spiro atoms. The van der Waals surface area contributed by atoms with Gasteiger partial charge >= 0.3 is 19.8 Å². The zero-order chi connectivity index (χ0) is 45.0. The van der Waals surface area contributed by atoms with Gasteiger partial charge in [-0.1, -0.05) is 145 Å². The minimum Gasteiger partial charge on any atom is -0.462 e. The van der Waals surface area contributed by atoms with Crippen LogP contribution >= 0.6 is 7.82 Å². The van der Waals surface area contributed by atoms with Crippen molar-refractivity contribution in [3.8, 4) is 0 Å². The molecule has 0 saturated heterocycles. The number of rotatable bonds is 37. The van der Waals surface area contributed by atoms with Crippen molar-refractivity contribution in [1.29, 1.82) is 0 Å². The van der Waals surface area contributed by atoms with Crippen LogP contribution in [0.5, 0.6) is 0 Å². The lowest BCUT2D eigenvalue weighted by Gasteiger charge is -2.41. The molecule has 352 valence electrons. The van der Waals surface area contributed by atoms with Crippen molar-refractivity contribution in [2.75, 3.05) is 13.2 Å². The molecule has 1 aliphatic carbocycles. The van der Waals surface area contributed by atoms with E-state index in [-0.39, 0.29) is 12.8 Å². The number of carbonyl (C=O) groups is 2. The Bertz CT molecular complexity index is 1300. The zero-order valence-electron chi connectivity index (χ0n) is 37.2. The number of phosphoric acid groups is 1. The van der Waals surface area contributed by atoms with Crippen molar-refractivity contribution in [3.63, 3.8) is 0 Å². The standard InChI is InChI=1S/C47H81O13P/c1-3-5-7-9-11-13-15-17-19-20-22-24-26-28-30-32-34-36-41(49)59-39(38-58-61(55,56)60-47-45(53)43(51)42(50)44(52)46(47)54)37-57-40(48)35-33-31-29-27-25-23-21-18-16-14-12-10-8-6-4-2/h6,8,12,14,18,21-22,24,28,30,39,42-47,50-54H,3-5,7,9-11,13,15-17,19-20,23,25-27,29,31-38H2,1-2H3,(H,55,56)/b8-6+,14-12+,21-18+,24-22+,30-28+/t39-,42?,43+,44?,45?,46?,47?/m1/s1. The molecule has 0 aromatic heterocycles. The Hall–Kier alpha value is -2.45. The third kappa shape index (κ3) is 29.5. The summed E-state index contributed by atoms with van der Waals surface area (Å²) >= 11 is 0. The van der Waals surface area contributed by atoms with Crippen molar-refractivity contribution in [2.45, 2.75) is 211 Å². The predicted octanol–water partition coefficient (Wildman–Crippen LogP) is 8.94. The van der Waals surface area contributed by atoms with Crippen LogP contribution in [0.1, 0.15) is 168 Å². The van der Waals surface area contributed by atoms with Crippen molar-refractivity contribution in [3.05, 3.63) is 60.8 Å². The fraction of sp³-hybridized carbons (Fsp3) is 0.745. The summed E-state index contributed by atoms with van der Waals surface area (Å²) < 4.78 is 33.4. The molecular formula is C47H81O13P. The molecule has 0 radical (unpaired) electrons. The van der Waals surface area contributed by atoms with Crippen LogP contribution in [0.15, 0.2) is 60.8 Å². The smallest absolute Gasteiger partial charge is 0.462 e. The number of unbranched alkanes of at least 4 members (excludes halogenated alkanes) is 15. The summed E-state index contributed by atoms with van der Waals surface area (Å²) in [6.07, 6.45) is 31.4. The number of aliphatic hydroxyl groups is 5. The highest BCUT2D eigenvalue weighted by Gasteiger charge is 2.51. The molecule has 0 amide bonds. The fourth-order valence-electron chi connectivity index (χ4n) is 6.63. The Morgan fingerprint density at radius 3 is 1.48 bits per heavy atom. The molecule has 1 aliphatic rings. The third-order valence-corrected chi connectivity index (χ3v) is 11.3. The molecule has 61 heavy (non-hydrogen) atoms. The number of allylic oxidation sites excluding steroid dienone is 10. The van der Waals surface area contributed by atoms with Gasteiger partial charge in [0.15, 0.2) is 6.10 Å². The second kappa shape index (κ2) is 37.0. The Kier molecular flexibility index (Phi) is 34.3. The van der Waals surface area contributed by atoms with Gasteiger partial charge in [-0.25, -0.2) is 4.57 Å². The maximum atomic E-state index is 12.8. The second-order valence-electron chi connectivity index (χ2n) is 15.9. The lowest BCUT2D eigenvalue weighted by Crippen LogP contribution is -2.64. The highest BCUT2D eigenvalue weighted by Crippen LogP contribution is 2.47. The van der Waals surface area contributed by atoms with Crippen LogP contribution in [-0.2, 0) is 32.7 Å². The zero-order valence-corrected chi connectivity index (χ0v) is 38.1. The second-order valence-corrected chi connectivity index (χ2v) is 17.3. The van der Waals surface area contributed by atoms with Crippen LogP contribution < -0.4 is 0 Å². The average Bonchev–Trinajstić information content (AvgIpc) is 3.24. The van der Waals surface area contributed by atoms with E-state index in [1.54, 1.807) is 0 Å². The SMILES string of the molecule is CC/C=C/C/C=C/C/C=C/CCCCCCCC(=O)OC[C@H](COP(=O)(O)OC1C(O)C(O)C(O)[C@H](O)C1O)OC(=O)CCC/C=C/C/C=C/CCCCCCCCCCC. The van der Waals surface area contributed by atoms with Crippen molar-refractivity contribution in [1.82, 2.24) is 0 Å². The highest BCUT2D eigenvalue weighted by atomic mass is 31.2. The Morgan fingerprint density at radius 1 is 0.525 bits per heavy atom. The molecule has 1 fully saturated rings. The predicted molar refractivity (Wildman–Crippen MR) is 239 cm³/mol. The number of carbonyl (C=O) groups excluding carboxylic acids is 2. The van der Waals surface area contributed by atoms with Crippen LogP contribution in [0.2, 0.25) is 0 Å². The van der Waals surface area contributed by atoms with Gasteiger partial charge in [0.25, 0.3) is 0 Å². The summed E-state index contributed by atoms with van der Waals surface area (Å²) in [6, 6.07) is 0. The topological polar surface area (TPSA) is 210 Å². The molecule has 0 heterocycles. The number of phosphoric ester groups is 1. The Morgan fingerprint density at radius 2 is 0.951 bits per heavy atom. The van der Waals surface area contributed by atoms with E-state index in [0.29, 0.717) is 19.3 Å². The lowest BCUT2D eigenvalue weighted by molar-refractivity contribution is -0.220. The van der Waals surface area contributed by atoms with E-state index >= 15 is 0 Å². The first-order valence-electron chi connectivity index (χ1n) is 23.1. The van der Waals surface area contributed by atoms with Gasteiger partial charge in [0.05, 0.1) is 6.61 Å². The quantitative estimate of drug-likeness (QED) is 0.0149. The minimum atomic E-state index is -5.13.